The van der Waals surface area contributed by atoms with Gasteiger partial charge in [0, 0.05) is 91.8 Å². The van der Waals surface area contributed by atoms with E-state index >= 15 is 0 Å². The number of hydrogen-bond donors (Lipinski definition) is 0. The highest BCUT2D eigenvalue weighted by Crippen LogP contribution is 2.43. The largest absolute Gasteiger partial charge is 0.455 e. The number of para-hydroxylation sites is 1. The second kappa shape index (κ2) is 15.5. The van der Waals surface area contributed by atoms with E-state index < -0.39 is 0 Å². The normalized spacial score (nSPS) is 11.8. The minimum atomic E-state index is 0.482. The molecule has 0 amide bonds. The van der Waals surface area contributed by atoms with Crippen molar-refractivity contribution < 1.29 is 4.42 Å². The second-order valence-electron chi connectivity index (χ2n) is 17.2. The fourth-order valence-corrected chi connectivity index (χ4v) is 10.00. The van der Waals surface area contributed by atoms with Crippen molar-refractivity contribution in [2.75, 3.05) is 0 Å². The first-order valence-electron chi connectivity index (χ1n) is 22.7. The first kappa shape index (κ1) is 38.6. The molecule has 0 aliphatic heterocycles. The standard InChI is InChI=1S/C60H34N8O/c1-2-13-44-36(9-1)22-23-51-54(44)47-14-3-15-48(57(47)69-51)60-67-58(37-20-18-35(19-21-37)40-12-4-24-61-34-40)66-59(68-60)43-30-41(52-45-16-7-25-62-49(45)32-38-10-5-27-64-55(38)52)29-42(31-43)53-46-17-8-26-63-50(46)33-39-11-6-28-65-56(39)53/h1-34H. The average Bonchev–Trinajstić information content (AvgIpc) is 3.81. The van der Waals surface area contributed by atoms with Gasteiger partial charge in [0.25, 0.3) is 0 Å². The van der Waals surface area contributed by atoms with E-state index in [2.05, 4.69) is 132 Å². The number of pyridine rings is 5. The van der Waals surface area contributed by atoms with Gasteiger partial charge in [-0.05, 0) is 106 Å². The quantitative estimate of drug-likeness (QED) is 0.150. The Morgan fingerprint density at radius 1 is 0.348 bits per heavy atom. The molecule has 0 aliphatic carbocycles. The number of furan rings is 1. The Morgan fingerprint density at radius 3 is 1.61 bits per heavy atom. The van der Waals surface area contributed by atoms with E-state index in [4.69, 9.17) is 39.3 Å². The zero-order valence-electron chi connectivity index (χ0n) is 36.6. The van der Waals surface area contributed by atoms with Gasteiger partial charge in [0.15, 0.2) is 17.5 Å². The Kier molecular flexibility index (Phi) is 8.68. The molecule has 0 unspecified atom stereocenters. The van der Waals surface area contributed by atoms with E-state index in [0.29, 0.717) is 23.1 Å². The van der Waals surface area contributed by atoms with Gasteiger partial charge >= 0.3 is 0 Å². The van der Waals surface area contributed by atoms with Gasteiger partial charge in [-0.3, -0.25) is 24.9 Å². The predicted octanol–water partition coefficient (Wildman–Crippen LogP) is 14.5. The first-order valence-corrected chi connectivity index (χ1v) is 22.7. The van der Waals surface area contributed by atoms with Gasteiger partial charge in [-0.1, -0.05) is 97.1 Å². The zero-order valence-corrected chi connectivity index (χ0v) is 36.6. The molecule has 7 aromatic heterocycles. The van der Waals surface area contributed by atoms with Gasteiger partial charge in [-0.25, -0.2) is 15.0 Å². The third-order valence-corrected chi connectivity index (χ3v) is 13.1. The minimum Gasteiger partial charge on any atom is -0.455 e. The summed E-state index contributed by atoms with van der Waals surface area (Å²) in [5, 5.41) is 8.23. The lowest BCUT2D eigenvalue weighted by molar-refractivity contribution is 0.670. The predicted molar refractivity (Wildman–Crippen MR) is 276 cm³/mol. The van der Waals surface area contributed by atoms with E-state index in [0.717, 1.165) is 121 Å². The molecule has 0 bridgehead atoms. The topological polar surface area (TPSA) is 116 Å². The molecule has 0 fully saturated rings. The molecule has 0 saturated carbocycles. The van der Waals surface area contributed by atoms with Crippen molar-refractivity contribution in [1.29, 1.82) is 0 Å². The van der Waals surface area contributed by atoms with E-state index in [-0.39, 0.29) is 0 Å². The van der Waals surface area contributed by atoms with Gasteiger partial charge in [0.1, 0.15) is 11.2 Å². The molecule has 0 spiro atoms. The molecule has 320 valence electrons. The van der Waals surface area contributed by atoms with Crippen molar-refractivity contribution in [2.45, 2.75) is 0 Å². The van der Waals surface area contributed by atoms with Crippen molar-refractivity contribution in [3.8, 4) is 67.5 Å². The number of aromatic nitrogens is 8. The van der Waals surface area contributed by atoms with Crippen molar-refractivity contribution in [2.24, 2.45) is 0 Å². The third kappa shape index (κ3) is 6.40. The van der Waals surface area contributed by atoms with E-state index in [1.807, 2.05) is 73.4 Å². The molecular formula is C60H34N8O. The van der Waals surface area contributed by atoms with Crippen LogP contribution in [0.1, 0.15) is 0 Å². The molecule has 7 heterocycles. The maximum atomic E-state index is 6.79. The van der Waals surface area contributed by atoms with Crippen LogP contribution in [0.2, 0.25) is 0 Å². The number of hydrogen-bond acceptors (Lipinski definition) is 9. The van der Waals surface area contributed by atoms with Crippen molar-refractivity contribution in [3.05, 3.63) is 207 Å². The molecule has 9 heteroatoms. The Morgan fingerprint density at radius 2 is 0.913 bits per heavy atom. The Labute approximate surface area is 393 Å². The van der Waals surface area contributed by atoms with E-state index in [1.165, 1.54) is 0 Å². The summed E-state index contributed by atoms with van der Waals surface area (Å²) < 4.78 is 6.79. The highest BCUT2D eigenvalue weighted by molar-refractivity contribution is 6.20. The fourth-order valence-electron chi connectivity index (χ4n) is 10.00. The summed E-state index contributed by atoms with van der Waals surface area (Å²) in [4.78, 5) is 40.1. The average molecular weight is 883 g/mol. The van der Waals surface area contributed by atoms with Gasteiger partial charge < -0.3 is 4.42 Å². The first-order chi connectivity index (χ1) is 34.2. The Balaban J connectivity index is 1.07. The van der Waals surface area contributed by atoms with Gasteiger partial charge in [0.2, 0.25) is 0 Å². The number of nitrogens with zero attached hydrogens (tertiary/aromatic N) is 8. The number of rotatable bonds is 6. The fraction of sp³-hybridized carbons (Fsp3) is 0. The lowest BCUT2D eigenvalue weighted by atomic mass is 9.90. The van der Waals surface area contributed by atoms with Crippen LogP contribution in [-0.2, 0) is 0 Å². The van der Waals surface area contributed by atoms with Crippen LogP contribution in [0.4, 0.5) is 0 Å². The Hall–Kier alpha value is -9.60. The summed E-state index contributed by atoms with van der Waals surface area (Å²) in [5.41, 5.74) is 13.1. The van der Waals surface area contributed by atoms with Crippen LogP contribution < -0.4 is 0 Å². The van der Waals surface area contributed by atoms with Crippen LogP contribution in [0, 0.1) is 0 Å². The van der Waals surface area contributed by atoms with Crippen LogP contribution in [0.15, 0.2) is 211 Å². The van der Waals surface area contributed by atoms with E-state index in [1.54, 1.807) is 6.20 Å². The van der Waals surface area contributed by atoms with Crippen molar-refractivity contribution in [3.63, 3.8) is 0 Å². The molecule has 7 aromatic carbocycles. The molecule has 14 aromatic rings. The summed E-state index contributed by atoms with van der Waals surface area (Å²) in [7, 11) is 0. The van der Waals surface area contributed by atoms with Crippen molar-refractivity contribution >= 4 is 76.3 Å². The number of benzene rings is 7. The zero-order chi connectivity index (χ0) is 45.4. The highest BCUT2D eigenvalue weighted by atomic mass is 16.3. The lowest BCUT2D eigenvalue weighted by Crippen LogP contribution is -2.01. The molecule has 14 rings (SSSR count). The molecule has 0 aliphatic rings. The van der Waals surface area contributed by atoms with Crippen LogP contribution >= 0.6 is 0 Å². The molecule has 0 saturated heterocycles. The maximum absolute atomic E-state index is 6.79. The summed E-state index contributed by atoms with van der Waals surface area (Å²) in [5.74, 6) is 1.48. The third-order valence-electron chi connectivity index (χ3n) is 13.1. The summed E-state index contributed by atoms with van der Waals surface area (Å²) in [6, 6.07) is 58.1. The smallest absolute Gasteiger partial charge is 0.167 e. The second-order valence-corrected chi connectivity index (χ2v) is 17.2. The summed E-state index contributed by atoms with van der Waals surface area (Å²) >= 11 is 0. The molecule has 0 atom stereocenters. The molecule has 9 nitrogen and oxygen atoms in total. The number of fused-ring (bicyclic) bond motifs is 9. The monoisotopic (exact) mass is 882 g/mol. The van der Waals surface area contributed by atoms with Crippen LogP contribution in [0.5, 0.6) is 0 Å². The maximum Gasteiger partial charge on any atom is 0.167 e. The van der Waals surface area contributed by atoms with Gasteiger partial charge in [-0.2, -0.15) is 0 Å². The summed E-state index contributed by atoms with van der Waals surface area (Å²) in [6.45, 7) is 0. The van der Waals surface area contributed by atoms with Crippen molar-refractivity contribution in [1.82, 2.24) is 39.9 Å². The molecule has 0 radical (unpaired) electrons. The minimum absolute atomic E-state index is 0.482. The highest BCUT2D eigenvalue weighted by Gasteiger charge is 2.22. The lowest BCUT2D eigenvalue weighted by Gasteiger charge is -2.16. The van der Waals surface area contributed by atoms with Gasteiger partial charge in [-0.15, -0.1) is 0 Å². The SMILES string of the molecule is c1cncc(-c2ccc(-c3nc(-c4cc(-c5c6cccnc6cc6cccnc56)cc(-c5c6cccnc6cc6cccnc56)c4)nc(-c4cccc5c4oc4ccc6ccccc6c45)n3)cc2)c1. The van der Waals surface area contributed by atoms with Crippen LogP contribution in [0.3, 0.4) is 0 Å². The Bertz CT molecular complexity index is 4140. The van der Waals surface area contributed by atoms with Gasteiger partial charge in [0.05, 0.1) is 27.6 Å². The van der Waals surface area contributed by atoms with Crippen LogP contribution in [0.25, 0.3) is 144 Å². The molecular weight excluding hydrogens is 849 g/mol. The van der Waals surface area contributed by atoms with E-state index in [9.17, 15) is 0 Å². The molecule has 69 heavy (non-hydrogen) atoms. The summed E-state index contributed by atoms with van der Waals surface area (Å²) in [6.07, 6.45) is 11.0. The van der Waals surface area contributed by atoms with Crippen LogP contribution in [-0.4, -0.2) is 39.9 Å². The molecule has 0 N–H and O–H groups in total.